The third-order valence-corrected chi connectivity index (χ3v) is 5.89. The van der Waals surface area contributed by atoms with Gasteiger partial charge in [-0.15, -0.1) is 11.3 Å². The number of hydrogen-bond donors (Lipinski definition) is 1. The molecule has 1 aliphatic heterocycles. The van der Waals surface area contributed by atoms with Gasteiger partial charge in [0, 0.05) is 30.7 Å². The standard InChI is InChI=1S/C18H17ClN2OS/c19-15-5-7-20-16-9-17(23-18(15)16)13-3-1-12(2-4-13)10-21-8-6-14(22)11-21/h1-5,7,9,14,22H,6,8,10-11H2. The number of β-amino-alcohol motifs (C(OH)–C–C–N with tert-alkyl or cyclic N) is 1. The second kappa shape index (κ2) is 6.21. The first-order chi connectivity index (χ1) is 11.2. The summed E-state index contributed by atoms with van der Waals surface area (Å²) in [4.78, 5) is 7.86. The summed E-state index contributed by atoms with van der Waals surface area (Å²) in [7, 11) is 0. The minimum Gasteiger partial charge on any atom is -0.392 e. The lowest BCUT2D eigenvalue weighted by molar-refractivity contribution is 0.175. The zero-order chi connectivity index (χ0) is 15.8. The van der Waals surface area contributed by atoms with Crippen LogP contribution < -0.4 is 0 Å². The van der Waals surface area contributed by atoms with Crippen molar-refractivity contribution in [2.45, 2.75) is 19.1 Å². The summed E-state index contributed by atoms with van der Waals surface area (Å²) >= 11 is 7.91. The van der Waals surface area contributed by atoms with Crippen molar-refractivity contribution in [1.29, 1.82) is 0 Å². The zero-order valence-corrected chi connectivity index (χ0v) is 14.1. The molecular weight excluding hydrogens is 328 g/mol. The number of halogens is 1. The van der Waals surface area contributed by atoms with Gasteiger partial charge in [-0.3, -0.25) is 9.88 Å². The van der Waals surface area contributed by atoms with Crippen molar-refractivity contribution in [2.24, 2.45) is 0 Å². The van der Waals surface area contributed by atoms with E-state index in [1.807, 2.05) is 6.07 Å². The summed E-state index contributed by atoms with van der Waals surface area (Å²) < 4.78 is 1.04. The molecular formula is C18H17ClN2OS. The summed E-state index contributed by atoms with van der Waals surface area (Å²) in [5.41, 5.74) is 3.42. The van der Waals surface area contributed by atoms with Crippen molar-refractivity contribution < 1.29 is 5.11 Å². The lowest BCUT2D eigenvalue weighted by atomic mass is 10.1. The Labute approximate surface area is 144 Å². The molecule has 3 nitrogen and oxygen atoms in total. The number of thiophene rings is 1. The smallest absolute Gasteiger partial charge is 0.0831 e. The molecule has 1 atom stereocenters. The number of aliphatic hydroxyl groups is 1. The molecule has 1 N–H and O–H groups in total. The molecule has 5 heteroatoms. The number of rotatable bonds is 3. The fourth-order valence-electron chi connectivity index (χ4n) is 3.04. The second-order valence-corrected chi connectivity index (χ2v) is 7.45. The molecule has 3 heterocycles. The van der Waals surface area contributed by atoms with Crippen molar-refractivity contribution >= 4 is 33.2 Å². The average molecular weight is 345 g/mol. The summed E-state index contributed by atoms with van der Waals surface area (Å²) in [6.45, 7) is 2.66. The van der Waals surface area contributed by atoms with Crippen LogP contribution in [0.25, 0.3) is 20.7 Å². The molecule has 118 valence electrons. The Kier molecular flexibility index (Phi) is 4.07. The lowest BCUT2D eigenvalue weighted by Crippen LogP contribution is -2.21. The molecule has 1 aliphatic rings. The fourth-order valence-corrected chi connectivity index (χ4v) is 4.33. The Morgan fingerprint density at radius 2 is 2.09 bits per heavy atom. The predicted octanol–water partition coefficient (Wildman–Crippen LogP) is 4.18. The molecule has 0 spiro atoms. The van der Waals surface area contributed by atoms with Gasteiger partial charge in [0.25, 0.3) is 0 Å². The van der Waals surface area contributed by atoms with Crippen LogP contribution in [0.1, 0.15) is 12.0 Å². The average Bonchev–Trinajstić information content (AvgIpc) is 3.15. The molecule has 23 heavy (non-hydrogen) atoms. The molecule has 1 fully saturated rings. The number of likely N-dealkylation sites (tertiary alicyclic amines) is 1. The maximum Gasteiger partial charge on any atom is 0.0831 e. The van der Waals surface area contributed by atoms with Crippen LogP contribution >= 0.6 is 22.9 Å². The summed E-state index contributed by atoms with van der Waals surface area (Å²) in [5, 5.41) is 10.4. The van der Waals surface area contributed by atoms with Crippen LogP contribution in [0.5, 0.6) is 0 Å². The van der Waals surface area contributed by atoms with E-state index in [2.05, 4.69) is 40.2 Å². The van der Waals surface area contributed by atoms with Gasteiger partial charge in [-0.05, 0) is 29.7 Å². The van der Waals surface area contributed by atoms with E-state index in [4.69, 9.17) is 11.6 Å². The maximum absolute atomic E-state index is 9.60. The molecule has 1 aromatic carbocycles. The summed E-state index contributed by atoms with van der Waals surface area (Å²) in [6.07, 6.45) is 2.47. The van der Waals surface area contributed by atoms with E-state index in [1.165, 1.54) is 16.0 Å². The van der Waals surface area contributed by atoms with Crippen LogP contribution in [0.2, 0.25) is 5.02 Å². The number of pyridine rings is 1. The third-order valence-electron chi connectivity index (χ3n) is 4.26. The van der Waals surface area contributed by atoms with Crippen molar-refractivity contribution in [1.82, 2.24) is 9.88 Å². The van der Waals surface area contributed by atoms with Gasteiger partial charge in [-0.1, -0.05) is 35.9 Å². The van der Waals surface area contributed by atoms with Crippen LogP contribution in [0.15, 0.2) is 42.6 Å². The van der Waals surface area contributed by atoms with Gasteiger partial charge in [0.15, 0.2) is 0 Å². The highest BCUT2D eigenvalue weighted by molar-refractivity contribution is 7.22. The SMILES string of the molecule is OC1CCN(Cc2ccc(-c3cc4nccc(Cl)c4s3)cc2)C1. The van der Waals surface area contributed by atoms with Crippen molar-refractivity contribution in [3.05, 3.63) is 53.2 Å². The fraction of sp³-hybridized carbons (Fsp3) is 0.278. The molecule has 0 bridgehead atoms. The van der Waals surface area contributed by atoms with E-state index in [1.54, 1.807) is 17.5 Å². The Morgan fingerprint density at radius 3 is 2.78 bits per heavy atom. The highest BCUT2D eigenvalue weighted by Gasteiger charge is 2.19. The molecule has 0 aliphatic carbocycles. The van der Waals surface area contributed by atoms with E-state index < -0.39 is 0 Å². The Morgan fingerprint density at radius 1 is 1.26 bits per heavy atom. The van der Waals surface area contributed by atoms with Gasteiger partial charge >= 0.3 is 0 Å². The van der Waals surface area contributed by atoms with Gasteiger partial charge in [0.2, 0.25) is 0 Å². The van der Waals surface area contributed by atoms with E-state index >= 15 is 0 Å². The molecule has 2 aromatic heterocycles. The molecule has 1 saturated heterocycles. The summed E-state index contributed by atoms with van der Waals surface area (Å²) in [5.74, 6) is 0. The quantitative estimate of drug-likeness (QED) is 0.774. The van der Waals surface area contributed by atoms with Gasteiger partial charge in [-0.25, -0.2) is 0 Å². The molecule has 4 rings (SSSR count). The normalized spacial score (nSPS) is 18.8. The number of aliphatic hydroxyl groups excluding tert-OH is 1. The van der Waals surface area contributed by atoms with Crippen LogP contribution in [0.4, 0.5) is 0 Å². The van der Waals surface area contributed by atoms with Crippen molar-refractivity contribution in [3.8, 4) is 10.4 Å². The predicted molar refractivity (Wildman–Crippen MR) is 96.0 cm³/mol. The molecule has 1 unspecified atom stereocenters. The van der Waals surface area contributed by atoms with Gasteiger partial charge in [0.05, 0.1) is 21.3 Å². The van der Waals surface area contributed by atoms with Crippen LogP contribution in [-0.2, 0) is 6.54 Å². The van der Waals surface area contributed by atoms with Crippen LogP contribution in [0, 0.1) is 0 Å². The number of benzene rings is 1. The van der Waals surface area contributed by atoms with E-state index in [9.17, 15) is 5.11 Å². The Bertz CT molecular complexity index is 831. The largest absolute Gasteiger partial charge is 0.392 e. The second-order valence-electron chi connectivity index (χ2n) is 5.99. The number of nitrogens with zero attached hydrogens (tertiary/aromatic N) is 2. The van der Waals surface area contributed by atoms with Crippen molar-refractivity contribution in [2.75, 3.05) is 13.1 Å². The molecule has 3 aromatic rings. The number of hydrogen-bond acceptors (Lipinski definition) is 4. The first-order valence-corrected chi connectivity index (χ1v) is 8.92. The molecule has 0 radical (unpaired) electrons. The molecule has 0 saturated carbocycles. The van der Waals surface area contributed by atoms with Crippen molar-refractivity contribution in [3.63, 3.8) is 0 Å². The monoisotopic (exact) mass is 344 g/mol. The highest BCUT2D eigenvalue weighted by atomic mass is 35.5. The van der Waals surface area contributed by atoms with Crippen LogP contribution in [-0.4, -0.2) is 34.2 Å². The highest BCUT2D eigenvalue weighted by Crippen LogP contribution is 2.36. The molecule has 0 amide bonds. The number of aromatic nitrogens is 1. The Balaban J connectivity index is 1.56. The van der Waals surface area contributed by atoms with Gasteiger partial charge in [0.1, 0.15) is 0 Å². The maximum atomic E-state index is 9.60. The van der Waals surface area contributed by atoms with Gasteiger partial charge < -0.3 is 5.11 Å². The lowest BCUT2D eigenvalue weighted by Gasteiger charge is -2.14. The topological polar surface area (TPSA) is 36.4 Å². The van der Waals surface area contributed by atoms with Gasteiger partial charge in [-0.2, -0.15) is 0 Å². The Hall–Kier alpha value is -1.46. The minimum absolute atomic E-state index is 0.162. The van der Waals surface area contributed by atoms with Crippen LogP contribution in [0.3, 0.4) is 0 Å². The minimum atomic E-state index is -0.162. The number of fused-ring (bicyclic) bond motifs is 1. The van der Waals surface area contributed by atoms with E-state index in [-0.39, 0.29) is 6.10 Å². The first kappa shape index (κ1) is 15.1. The third kappa shape index (κ3) is 3.12. The van der Waals surface area contributed by atoms with E-state index in [0.29, 0.717) is 0 Å². The first-order valence-electron chi connectivity index (χ1n) is 7.73. The summed E-state index contributed by atoms with van der Waals surface area (Å²) in [6, 6.07) is 12.6. The van der Waals surface area contributed by atoms with E-state index in [0.717, 1.165) is 41.3 Å². The zero-order valence-electron chi connectivity index (χ0n) is 12.6.